The van der Waals surface area contributed by atoms with E-state index in [4.69, 9.17) is 5.73 Å². The Balaban J connectivity index is 2.38. The van der Waals surface area contributed by atoms with Gasteiger partial charge in [-0.05, 0) is 32.7 Å². The highest BCUT2D eigenvalue weighted by Crippen LogP contribution is 2.33. The molecule has 0 aliphatic heterocycles. The first kappa shape index (κ1) is 13.5. The second kappa shape index (κ2) is 5.64. The minimum Gasteiger partial charge on any atom is -0.355 e. The quantitative estimate of drug-likeness (QED) is 0.703. The van der Waals surface area contributed by atoms with E-state index in [0.29, 0.717) is 6.04 Å². The summed E-state index contributed by atoms with van der Waals surface area (Å²) in [6.45, 7) is 8.56. The molecule has 1 rings (SSSR count). The Labute approximate surface area is 98.6 Å². The van der Waals surface area contributed by atoms with Crippen molar-refractivity contribution in [2.45, 2.75) is 51.6 Å². The highest BCUT2D eigenvalue weighted by atomic mass is 16.1. The van der Waals surface area contributed by atoms with Gasteiger partial charge in [0.15, 0.2) is 0 Å². The first-order chi connectivity index (χ1) is 7.47. The van der Waals surface area contributed by atoms with Gasteiger partial charge in [-0.1, -0.05) is 6.92 Å². The fraction of sp³-hybridized carbons (Fsp3) is 0.917. The van der Waals surface area contributed by atoms with E-state index in [0.717, 1.165) is 32.5 Å². The minimum absolute atomic E-state index is 0.0363. The van der Waals surface area contributed by atoms with Gasteiger partial charge in [-0.2, -0.15) is 0 Å². The number of rotatable bonds is 6. The van der Waals surface area contributed by atoms with Crippen LogP contribution in [0.5, 0.6) is 0 Å². The Morgan fingerprint density at radius 2 is 2.25 bits per heavy atom. The van der Waals surface area contributed by atoms with Crippen molar-refractivity contribution in [1.29, 1.82) is 0 Å². The normalized spacial score (nSPS) is 28.9. The van der Waals surface area contributed by atoms with Crippen LogP contribution in [0.25, 0.3) is 0 Å². The van der Waals surface area contributed by atoms with Crippen molar-refractivity contribution in [3.8, 4) is 0 Å². The maximum absolute atomic E-state index is 10.8. The van der Waals surface area contributed by atoms with Crippen LogP contribution >= 0.6 is 0 Å². The van der Waals surface area contributed by atoms with Gasteiger partial charge in [-0.25, -0.2) is 0 Å². The van der Waals surface area contributed by atoms with Crippen molar-refractivity contribution < 1.29 is 4.79 Å². The van der Waals surface area contributed by atoms with Crippen LogP contribution in [0.15, 0.2) is 0 Å². The van der Waals surface area contributed by atoms with Crippen molar-refractivity contribution >= 4 is 5.91 Å². The van der Waals surface area contributed by atoms with E-state index in [1.165, 1.54) is 6.42 Å². The third-order valence-electron chi connectivity index (χ3n) is 3.44. The number of hydrogen-bond acceptors (Lipinski definition) is 3. The Bertz CT molecular complexity index is 240. The van der Waals surface area contributed by atoms with Gasteiger partial charge < -0.3 is 11.1 Å². The van der Waals surface area contributed by atoms with Crippen LogP contribution in [0.4, 0.5) is 0 Å². The SMILES string of the molecule is CCCN(CCNC(C)=O)C1CC[C@]1(C)N. The average Bonchev–Trinajstić information content (AvgIpc) is 2.16. The number of nitrogens with two attached hydrogens (primary N) is 1. The van der Waals surface area contributed by atoms with Gasteiger partial charge in [0.05, 0.1) is 0 Å². The van der Waals surface area contributed by atoms with Crippen molar-refractivity contribution in [2.24, 2.45) is 5.73 Å². The van der Waals surface area contributed by atoms with Gasteiger partial charge >= 0.3 is 0 Å². The molecule has 1 amide bonds. The Hall–Kier alpha value is -0.610. The molecule has 0 aromatic heterocycles. The fourth-order valence-electron chi connectivity index (χ4n) is 2.41. The summed E-state index contributed by atoms with van der Waals surface area (Å²) in [5.41, 5.74) is 6.16. The first-order valence-electron chi connectivity index (χ1n) is 6.24. The lowest BCUT2D eigenvalue weighted by Crippen LogP contribution is -2.64. The van der Waals surface area contributed by atoms with E-state index in [1.54, 1.807) is 6.92 Å². The van der Waals surface area contributed by atoms with Crippen LogP contribution in [-0.2, 0) is 4.79 Å². The highest BCUT2D eigenvalue weighted by molar-refractivity contribution is 5.72. The molecule has 1 saturated carbocycles. The second-order valence-electron chi connectivity index (χ2n) is 5.08. The average molecular weight is 227 g/mol. The molecule has 4 nitrogen and oxygen atoms in total. The molecule has 0 heterocycles. The molecule has 94 valence electrons. The summed E-state index contributed by atoms with van der Waals surface area (Å²) in [7, 11) is 0. The molecule has 0 spiro atoms. The summed E-state index contributed by atoms with van der Waals surface area (Å²) in [6.07, 6.45) is 3.43. The molecule has 3 N–H and O–H groups in total. The molecular weight excluding hydrogens is 202 g/mol. The lowest BCUT2D eigenvalue weighted by atomic mass is 9.73. The lowest BCUT2D eigenvalue weighted by Gasteiger charge is -2.50. The van der Waals surface area contributed by atoms with Crippen molar-refractivity contribution in [1.82, 2.24) is 10.2 Å². The Morgan fingerprint density at radius 3 is 2.62 bits per heavy atom. The standard InChI is InChI=1S/C12H25N3O/c1-4-8-15(9-7-14-10(2)16)11-5-6-12(11,3)13/h11H,4-9,13H2,1-3H3,(H,14,16)/t11?,12-/m0/s1. The monoisotopic (exact) mass is 227 g/mol. The molecule has 1 unspecified atom stereocenters. The van der Waals surface area contributed by atoms with Gasteiger partial charge in [0, 0.05) is 31.6 Å². The number of carbonyl (C=O) groups is 1. The molecule has 0 aromatic carbocycles. The lowest BCUT2D eigenvalue weighted by molar-refractivity contribution is -0.119. The van der Waals surface area contributed by atoms with Gasteiger partial charge in [-0.15, -0.1) is 0 Å². The smallest absolute Gasteiger partial charge is 0.216 e. The van der Waals surface area contributed by atoms with Crippen LogP contribution in [0.2, 0.25) is 0 Å². The predicted molar refractivity (Wildman–Crippen MR) is 66.2 cm³/mol. The summed E-state index contributed by atoms with van der Waals surface area (Å²) in [6, 6.07) is 0.487. The van der Waals surface area contributed by atoms with Gasteiger partial charge in [0.1, 0.15) is 0 Å². The van der Waals surface area contributed by atoms with Crippen molar-refractivity contribution in [3.05, 3.63) is 0 Å². The molecule has 2 atom stereocenters. The molecular formula is C12H25N3O. The van der Waals surface area contributed by atoms with Crippen LogP contribution in [0.3, 0.4) is 0 Å². The van der Waals surface area contributed by atoms with Crippen molar-refractivity contribution in [2.75, 3.05) is 19.6 Å². The van der Waals surface area contributed by atoms with E-state index in [1.807, 2.05) is 0 Å². The number of nitrogens with one attached hydrogen (secondary N) is 1. The van der Waals surface area contributed by atoms with Gasteiger partial charge in [0.25, 0.3) is 0 Å². The zero-order valence-corrected chi connectivity index (χ0v) is 10.8. The number of hydrogen-bond donors (Lipinski definition) is 2. The van der Waals surface area contributed by atoms with E-state index >= 15 is 0 Å². The molecule has 0 aromatic rings. The van der Waals surface area contributed by atoms with Gasteiger partial charge in [0.2, 0.25) is 5.91 Å². The largest absolute Gasteiger partial charge is 0.355 e. The maximum Gasteiger partial charge on any atom is 0.216 e. The number of carbonyl (C=O) groups excluding carboxylic acids is 1. The first-order valence-corrected chi connectivity index (χ1v) is 6.24. The minimum atomic E-state index is -0.0363. The molecule has 16 heavy (non-hydrogen) atoms. The molecule has 1 aliphatic rings. The van der Waals surface area contributed by atoms with E-state index in [-0.39, 0.29) is 11.4 Å². The molecule has 1 aliphatic carbocycles. The van der Waals surface area contributed by atoms with Crippen LogP contribution in [0.1, 0.15) is 40.0 Å². The van der Waals surface area contributed by atoms with E-state index in [9.17, 15) is 4.79 Å². The maximum atomic E-state index is 10.8. The van der Waals surface area contributed by atoms with Crippen LogP contribution < -0.4 is 11.1 Å². The van der Waals surface area contributed by atoms with E-state index in [2.05, 4.69) is 24.1 Å². The third-order valence-corrected chi connectivity index (χ3v) is 3.44. The second-order valence-corrected chi connectivity index (χ2v) is 5.08. The molecule has 0 bridgehead atoms. The van der Waals surface area contributed by atoms with Crippen LogP contribution in [-0.4, -0.2) is 42.0 Å². The Morgan fingerprint density at radius 1 is 1.56 bits per heavy atom. The molecule has 4 heteroatoms. The summed E-state index contributed by atoms with van der Waals surface area (Å²) in [4.78, 5) is 13.2. The Kier molecular flexibility index (Phi) is 4.74. The zero-order chi connectivity index (χ0) is 12.2. The highest BCUT2D eigenvalue weighted by Gasteiger charge is 2.42. The summed E-state index contributed by atoms with van der Waals surface area (Å²) < 4.78 is 0. The van der Waals surface area contributed by atoms with Gasteiger partial charge in [-0.3, -0.25) is 9.69 Å². The van der Waals surface area contributed by atoms with Crippen molar-refractivity contribution in [3.63, 3.8) is 0 Å². The number of nitrogens with zero attached hydrogens (tertiary/aromatic N) is 1. The molecule has 0 saturated heterocycles. The fourth-order valence-corrected chi connectivity index (χ4v) is 2.41. The third kappa shape index (κ3) is 3.46. The summed E-state index contributed by atoms with van der Waals surface area (Å²) in [5.74, 6) is 0.0422. The topological polar surface area (TPSA) is 58.4 Å². The summed E-state index contributed by atoms with van der Waals surface area (Å²) >= 11 is 0. The number of amides is 1. The zero-order valence-electron chi connectivity index (χ0n) is 10.8. The summed E-state index contributed by atoms with van der Waals surface area (Å²) in [5, 5.41) is 2.84. The molecule has 1 fully saturated rings. The van der Waals surface area contributed by atoms with E-state index < -0.39 is 0 Å². The molecule has 0 radical (unpaired) electrons. The van der Waals surface area contributed by atoms with Crippen LogP contribution in [0, 0.1) is 0 Å². The predicted octanol–water partition coefficient (Wildman–Crippen LogP) is 0.714.